The lowest BCUT2D eigenvalue weighted by atomic mass is 10.3. The van der Waals surface area contributed by atoms with Crippen molar-refractivity contribution < 1.29 is 4.79 Å². The predicted octanol–water partition coefficient (Wildman–Crippen LogP) is 2.43. The van der Waals surface area contributed by atoms with E-state index in [0.29, 0.717) is 18.1 Å². The summed E-state index contributed by atoms with van der Waals surface area (Å²) >= 11 is 1.37. The van der Waals surface area contributed by atoms with E-state index in [9.17, 15) is 4.79 Å². The molecule has 120 valence electrons. The second-order valence-electron chi connectivity index (χ2n) is 5.13. The van der Waals surface area contributed by atoms with Crippen LogP contribution in [0.3, 0.4) is 0 Å². The van der Waals surface area contributed by atoms with Crippen molar-refractivity contribution in [2.24, 2.45) is 0 Å². The van der Waals surface area contributed by atoms with Crippen molar-refractivity contribution in [2.75, 3.05) is 13.6 Å². The Kier molecular flexibility index (Phi) is 5.77. The zero-order chi connectivity index (χ0) is 16.8. The molecule has 0 saturated carbocycles. The van der Waals surface area contributed by atoms with Gasteiger partial charge >= 0.3 is 0 Å². The Morgan fingerprint density at radius 2 is 2.09 bits per heavy atom. The first kappa shape index (κ1) is 17.0. The summed E-state index contributed by atoms with van der Waals surface area (Å²) in [5.74, 6) is 0.752. The smallest absolute Gasteiger partial charge is 0.235 e. The van der Waals surface area contributed by atoms with Crippen LogP contribution < -0.4 is 0 Å². The molecule has 0 spiro atoms. The first-order chi connectivity index (χ1) is 11.0. The van der Waals surface area contributed by atoms with E-state index in [0.717, 1.165) is 11.5 Å². The molecule has 0 aliphatic carbocycles. The molecule has 1 atom stereocenters. The quantitative estimate of drug-likeness (QED) is 0.761. The number of benzene rings is 1. The summed E-state index contributed by atoms with van der Waals surface area (Å²) in [6.45, 7) is 4.16. The lowest BCUT2D eigenvalue weighted by molar-refractivity contribution is -0.128. The van der Waals surface area contributed by atoms with Crippen LogP contribution in [0, 0.1) is 18.3 Å². The molecule has 1 amide bonds. The fraction of sp³-hybridized carbons (Fsp3) is 0.375. The number of nitriles is 1. The molecule has 23 heavy (non-hydrogen) atoms. The Balaban J connectivity index is 2.15. The fourth-order valence-electron chi connectivity index (χ4n) is 2.14. The van der Waals surface area contributed by atoms with Crippen LogP contribution in [-0.2, 0) is 4.79 Å². The number of amides is 1. The highest BCUT2D eigenvalue weighted by atomic mass is 32.2. The van der Waals surface area contributed by atoms with Gasteiger partial charge in [0, 0.05) is 19.3 Å². The minimum atomic E-state index is -0.301. The normalized spacial score (nSPS) is 11.7. The molecule has 0 fully saturated rings. The molecule has 0 saturated heterocycles. The number of aromatic nitrogens is 3. The Labute approximate surface area is 140 Å². The van der Waals surface area contributed by atoms with Gasteiger partial charge < -0.3 is 4.90 Å². The Morgan fingerprint density at radius 1 is 1.39 bits per heavy atom. The van der Waals surface area contributed by atoms with Crippen LogP contribution in [0.25, 0.3) is 5.69 Å². The van der Waals surface area contributed by atoms with E-state index >= 15 is 0 Å². The molecule has 0 N–H and O–H groups in total. The third-order valence-corrected chi connectivity index (χ3v) is 4.40. The molecular weight excluding hydrogens is 310 g/mol. The van der Waals surface area contributed by atoms with Crippen LogP contribution in [0.4, 0.5) is 0 Å². The summed E-state index contributed by atoms with van der Waals surface area (Å²) in [6.07, 6.45) is 0.332. The van der Waals surface area contributed by atoms with Crippen LogP contribution in [0.5, 0.6) is 0 Å². The van der Waals surface area contributed by atoms with Crippen molar-refractivity contribution in [3.05, 3.63) is 36.2 Å². The van der Waals surface area contributed by atoms with E-state index in [4.69, 9.17) is 5.26 Å². The van der Waals surface area contributed by atoms with Crippen LogP contribution >= 0.6 is 11.8 Å². The zero-order valence-electron chi connectivity index (χ0n) is 13.4. The molecule has 0 aliphatic rings. The number of thioether (sulfide) groups is 1. The number of carbonyl (C=O) groups is 1. The topological polar surface area (TPSA) is 74.8 Å². The minimum absolute atomic E-state index is 0.0227. The largest absolute Gasteiger partial charge is 0.344 e. The van der Waals surface area contributed by atoms with Crippen LogP contribution in [0.2, 0.25) is 0 Å². The third-order valence-electron chi connectivity index (χ3n) is 3.37. The van der Waals surface area contributed by atoms with Gasteiger partial charge in [-0.1, -0.05) is 30.0 Å². The SMILES string of the molecule is Cc1nnc(S[C@@H](C)C(=O)N(C)CCC#N)n1-c1ccccc1. The monoisotopic (exact) mass is 329 g/mol. The van der Waals surface area contributed by atoms with Crippen molar-refractivity contribution in [1.29, 1.82) is 5.26 Å². The highest BCUT2D eigenvalue weighted by molar-refractivity contribution is 8.00. The molecule has 2 rings (SSSR count). The van der Waals surface area contributed by atoms with E-state index in [-0.39, 0.29) is 11.2 Å². The second kappa shape index (κ2) is 7.79. The van der Waals surface area contributed by atoms with Gasteiger partial charge in [-0.25, -0.2) is 0 Å². The number of aryl methyl sites for hydroxylation is 1. The van der Waals surface area contributed by atoms with E-state index in [1.807, 2.05) is 54.8 Å². The molecule has 0 aliphatic heterocycles. The van der Waals surface area contributed by atoms with Gasteiger partial charge in [0.1, 0.15) is 5.82 Å². The highest BCUT2D eigenvalue weighted by Crippen LogP contribution is 2.26. The van der Waals surface area contributed by atoms with Crippen molar-refractivity contribution in [3.63, 3.8) is 0 Å². The number of hydrogen-bond acceptors (Lipinski definition) is 5. The van der Waals surface area contributed by atoms with Gasteiger partial charge in [0.25, 0.3) is 0 Å². The number of para-hydroxylation sites is 1. The predicted molar refractivity (Wildman–Crippen MR) is 89.3 cm³/mol. The van der Waals surface area contributed by atoms with Crippen molar-refractivity contribution in [2.45, 2.75) is 30.7 Å². The second-order valence-corrected chi connectivity index (χ2v) is 6.44. The Bertz CT molecular complexity index is 707. The first-order valence-electron chi connectivity index (χ1n) is 7.30. The highest BCUT2D eigenvalue weighted by Gasteiger charge is 2.22. The number of rotatable bonds is 6. The maximum atomic E-state index is 12.3. The average Bonchev–Trinajstić information content (AvgIpc) is 2.93. The third kappa shape index (κ3) is 4.11. The van der Waals surface area contributed by atoms with Gasteiger partial charge in [-0.2, -0.15) is 5.26 Å². The standard InChI is InChI=1S/C16H19N5OS/c1-12(15(22)20(3)11-7-10-17)23-16-19-18-13(2)21(16)14-8-5-4-6-9-14/h4-6,8-9,12H,7,11H2,1-3H3/t12-/m0/s1. The molecular formula is C16H19N5OS. The summed E-state index contributed by atoms with van der Waals surface area (Å²) < 4.78 is 1.93. The summed E-state index contributed by atoms with van der Waals surface area (Å²) in [6, 6.07) is 11.9. The van der Waals surface area contributed by atoms with Crippen molar-refractivity contribution >= 4 is 17.7 Å². The molecule has 6 nitrogen and oxygen atoms in total. The van der Waals surface area contributed by atoms with E-state index < -0.39 is 0 Å². The Hall–Kier alpha value is -2.33. The van der Waals surface area contributed by atoms with Gasteiger partial charge in [0.05, 0.1) is 17.7 Å². The average molecular weight is 329 g/mol. The minimum Gasteiger partial charge on any atom is -0.344 e. The lowest BCUT2D eigenvalue weighted by Crippen LogP contribution is -2.34. The summed E-state index contributed by atoms with van der Waals surface area (Å²) in [5, 5.41) is 17.3. The molecule has 1 aromatic carbocycles. The lowest BCUT2D eigenvalue weighted by Gasteiger charge is -2.20. The number of carbonyl (C=O) groups excluding carboxylic acids is 1. The maximum absolute atomic E-state index is 12.3. The van der Waals surface area contributed by atoms with E-state index in [1.165, 1.54) is 11.8 Å². The van der Waals surface area contributed by atoms with Gasteiger partial charge in [-0.15, -0.1) is 10.2 Å². The van der Waals surface area contributed by atoms with E-state index in [2.05, 4.69) is 10.2 Å². The summed E-state index contributed by atoms with van der Waals surface area (Å²) in [5.41, 5.74) is 0.968. The van der Waals surface area contributed by atoms with Gasteiger partial charge in [-0.05, 0) is 26.0 Å². The van der Waals surface area contributed by atoms with Crippen LogP contribution in [-0.4, -0.2) is 44.4 Å². The van der Waals surface area contributed by atoms with Crippen molar-refractivity contribution in [1.82, 2.24) is 19.7 Å². The molecule has 0 bridgehead atoms. The summed E-state index contributed by atoms with van der Waals surface area (Å²) in [4.78, 5) is 13.9. The molecule has 1 heterocycles. The van der Waals surface area contributed by atoms with E-state index in [1.54, 1.807) is 11.9 Å². The van der Waals surface area contributed by atoms with Gasteiger partial charge in [-0.3, -0.25) is 9.36 Å². The maximum Gasteiger partial charge on any atom is 0.235 e. The van der Waals surface area contributed by atoms with Crippen molar-refractivity contribution in [3.8, 4) is 11.8 Å². The molecule has 0 radical (unpaired) electrons. The molecule has 1 aromatic heterocycles. The molecule has 2 aromatic rings. The molecule has 7 heteroatoms. The zero-order valence-corrected chi connectivity index (χ0v) is 14.2. The van der Waals surface area contributed by atoms with Gasteiger partial charge in [0.15, 0.2) is 5.16 Å². The Morgan fingerprint density at radius 3 is 2.74 bits per heavy atom. The summed E-state index contributed by atoms with van der Waals surface area (Å²) in [7, 11) is 1.71. The van der Waals surface area contributed by atoms with Crippen LogP contribution in [0.1, 0.15) is 19.2 Å². The van der Waals surface area contributed by atoms with Gasteiger partial charge in [0.2, 0.25) is 5.91 Å². The van der Waals surface area contributed by atoms with Crippen LogP contribution in [0.15, 0.2) is 35.5 Å². The number of hydrogen-bond donors (Lipinski definition) is 0. The number of nitrogens with zero attached hydrogens (tertiary/aromatic N) is 5. The molecule has 0 unspecified atom stereocenters. The fourth-order valence-corrected chi connectivity index (χ4v) is 3.17. The first-order valence-corrected chi connectivity index (χ1v) is 8.18.